The summed E-state index contributed by atoms with van der Waals surface area (Å²) in [6.45, 7) is 3.21. The monoisotopic (exact) mass is 509 g/mol. The molecule has 37 heavy (non-hydrogen) atoms. The predicted molar refractivity (Wildman–Crippen MR) is 131 cm³/mol. The zero-order valence-corrected chi connectivity index (χ0v) is 19.9. The van der Waals surface area contributed by atoms with Gasteiger partial charge in [-0.15, -0.1) is 0 Å². The van der Waals surface area contributed by atoms with Crippen LogP contribution in [-0.4, -0.2) is 51.8 Å². The van der Waals surface area contributed by atoms with Crippen LogP contribution in [0.4, 0.5) is 8.78 Å². The van der Waals surface area contributed by atoms with Crippen molar-refractivity contribution in [1.29, 1.82) is 0 Å². The second kappa shape index (κ2) is 10.7. The molecule has 0 bridgehead atoms. The summed E-state index contributed by atoms with van der Waals surface area (Å²) < 4.78 is 32.9. The minimum Gasteiger partial charge on any atom is -0.478 e. The SMILES string of the molecule is C=C(C(=O)O)c1cc(-c2nc(C(=O)N3CCCC(F)(F)C3)co2)ccc1CNC(=O)Cc1ccccc1. The number of rotatable bonds is 8. The Balaban J connectivity index is 1.52. The highest BCUT2D eigenvalue weighted by atomic mass is 19.3. The number of aliphatic carboxylic acids is 1. The van der Waals surface area contributed by atoms with Crippen LogP contribution in [0.5, 0.6) is 0 Å². The van der Waals surface area contributed by atoms with E-state index >= 15 is 0 Å². The number of nitrogens with zero attached hydrogens (tertiary/aromatic N) is 2. The first-order chi connectivity index (χ1) is 17.6. The van der Waals surface area contributed by atoms with Gasteiger partial charge in [0, 0.05) is 25.1 Å². The van der Waals surface area contributed by atoms with E-state index in [1.807, 2.05) is 30.3 Å². The molecule has 2 heterocycles. The molecule has 0 atom stereocenters. The van der Waals surface area contributed by atoms with E-state index in [2.05, 4.69) is 16.9 Å². The van der Waals surface area contributed by atoms with Gasteiger partial charge in [0.15, 0.2) is 5.69 Å². The van der Waals surface area contributed by atoms with Gasteiger partial charge in [-0.2, -0.15) is 0 Å². The predicted octanol–water partition coefficient (Wildman–Crippen LogP) is 4.17. The molecule has 1 saturated heterocycles. The summed E-state index contributed by atoms with van der Waals surface area (Å²) >= 11 is 0. The number of oxazole rings is 1. The second-order valence-electron chi connectivity index (χ2n) is 8.82. The summed E-state index contributed by atoms with van der Waals surface area (Å²) in [5.41, 5.74) is 1.65. The summed E-state index contributed by atoms with van der Waals surface area (Å²) in [4.78, 5) is 41.9. The molecule has 4 rings (SSSR count). The number of carboxylic acid groups (broad SMARTS) is 1. The fraction of sp³-hybridized carbons (Fsp3) is 0.259. The maximum absolute atomic E-state index is 13.7. The van der Waals surface area contributed by atoms with Gasteiger partial charge >= 0.3 is 5.97 Å². The van der Waals surface area contributed by atoms with Gasteiger partial charge in [0.1, 0.15) is 6.26 Å². The van der Waals surface area contributed by atoms with Crippen LogP contribution in [0.25, 0.3) is 17.0 Å². The van der Waals surface area contributed by atoms with Gasteiger partial charge in [-0.3, -0.25) is 9.59 Å². The Hall–Kier alpha value is -4.34. The molecule has 8 nitrogen and oxygen atoms in total. The molecule has 0 aliphatic carbocycles. The summed E-state index contributed by atoms with van der Waals surface area (Å²) in [6, 6.07) is 13.9. The van der Waals surface area contributed by atoms with Gasteiger partial charge in [0.25, 0.3) is 11.8 Å². The molecule has 2 amide bonds. The van der Waals surface area contributed by atoms with Crippen molar-refractivity contribution < 1.29 is 32.7 Å². The number of halogens is 2. The molecular formula is C27H25F2N3O5. The molecule has 1 aromatic heterocycles. The zero-order valence-electron chi connectivity index (χ0n) is 19.9. The largest absolute Gasteiger partial charge is 0.478 e. The summed E-state index contributed by atoms with van der Waals surface area (Å²) in [5, 5.41) is 12.3. The zero-order chi connectivity index (χ0) is 26.6. The van der Waals surface area contributed by atoms with Gasteiger partial charge in [-0.25, -0.2) is 18.6 Å². The minimum atomic E-state index is -2.95. The fourth-order valence-corrected chi connectivity index (χ4v) is 4.10. The number of benzene rings is 2. The van der Waals surface area contributed by atoms with Crippen LogP contribution in [0.15, 0.2) is 65.8 Å². The van der Waals surface area contributed by atoms with E-state index in [0.29, 0.717) is 11.1 Å². The summed E-state index contributed by atoms with van der Waals surface area (Å²) in [7, 11) is 0. The fourth-order valence-electron chi connectivity index (χ4n) is 4.10. The number of carbonyl (C=O) groups excluding carboxylic acids is 2. The number of aromatic nitrogens is 1. The highest BCUT2D eigenvalue weighted by Gasteiger charge is 2.38. The molecule has 0 radical (unpaired) electrons. The molecule has 0 spiro atoms. The number of alkyl halides is 2. The highest BCUT2D eigenvalue weighted by molar-refractivity contribution is 6.15. The smallest absolute Gasteiger partial charge is 0.335 e. The van der Waals surface area contributed by atoms with Gasteiger partial charge in [0.2, 0.25) is 11.8 Å². The van der Waals surface area contributed by atoms with Crippen LogP contribution >= 0.6 is 0 Å². The molecule has 2 N–H and O–H groups in total. The van der Waals surface area contributed by atoms with Gasteiger partial charge in [0.05, 0.1) is 18.5 Å². The second-order valence-corrected chi connectivity index (χ2v) is 8.82. The van der Waals surface area contributed by atoms with Gasteiger partial charge in [-0.1, -0.05) is 43.0 Å². The first kappa shape index (κ1) is 25.7. The van der Waals surface area contributed by atoms with E-state index in [1.165, 1.54) is 6.07 Å². The van der Waals surface area contributed by atoms with E-state index in [0.717, 1.165) is 16.7 Å². The number of nitrogens with one attached hydrogen (secondary N) is 1. The Kier molecular flexibility index (Phi) is 7.47. The molecule has 1 fully saturated rings. The van der Waals surface area contributed by atoms with Crippen LogP contribution in [0.1, 0.15) is 40.0 Å². The van der Waals surface area contributed by atoms with E-state index in [9.17, 15) is 28.3 Å². The minimum absolute atomic E-state index is 0.0196. The van der Waals surface area contributed by atoms with Crippen LogP contribution in [0, 0.1) is 0 Å². The van der Waals surface area contributed by atoms with Crippen molar-refractivity contribution in [2.24, 2.45) is 0 Å². The van der Waals surface area contributed by atoms with Crippen LogP contribution < -0.4 is 5.32 Å². The van der Waals surface area contributed by atoms with Crippen molar-refractivity contribution in [3.05, 3.63) is 83.8 Å². The molecule has 1 aliphatic heterocycles. The first-order valence-corrected chi connectivity index (χ1v) is 11.6. The van der Waals surface area contributed by atoms with E-state index in [-0.39, 0.29) is 61.0 Å². The molecule has 2 aromatic carbocycles. The molecule has 1 aliphatic rings. The lowest BCUT2D eigenvalue weighted by molar-refractivity contribution is -0.130. The Labute approximate surface area is 211 Å². The molecule has 0 saturated carbocycles. The number of piperidine rings is 1. The highest BCUT2D eigenvalue weighted by Crippen LogP contribution is 2.29. The number of carbonyl (C=O) groups is 3. The molecule has 3 aromatic rings. The average Bonchev–Trinajstić information content (AvgIpc) is 3.37. The van der Waals surface area contributed by atoms with Crippen LogP contribution in [-0.2, 0) is 22.6 Å². The van der Waals surface area contributed by atoms with Gasteiger partial charge < -0.3 is 19.7 Å². The average molecular weight is 510 g/mol. The van der Waals surface area contributed by atoms with Crippen molar-refractivity contribution in [3.8, 4) is 11.5 Å². The third-order valence-electron chi connectivity index (χ3n) is 6.03. The Morgan fingerprint density at radius 2 is 1.92 bits per heavy atom. The lowest BCUT2D eigenvalue weighted by Gasteiger charge is -2.31. The third-order valence-corrected chi connectivity index (χ3v) is 6.03. The maximum Gasteiger partial charge on any atom is 0.335 e. The van der Waals surface area contributed by atoms with Crippen molar-refractivity contribution in [3.63, 3.8) is 0 Å². The van der Waals surface area contributed by atoms with Crippen molar-refractivity contribution in [2.45, 2.75) is 31.7 Å². The molecular weight excluding hydrogens is 484 g/mol. The van der Waals surface area contributed by atoms with Crippen LogP contribution in [0.2, 0.25) is 0 Å². The standard InChI is InChI=1S/C27H25F2N3O5/c1-17(26(35)36)21-13-19(8-9-20(21)14-30-23(33)12-18-6-3-2-4-7-18)24-31-22(15-37-24)25(34)32-11-5-10-27(28,29)16-32/h2-4,6-9,13,15H,1,5,10-12,14,16H2,(H,30,33)(H,35,36). The van der Waals surface area contributed by atoms with E-state index < -0.39 is 24.3 Å². The molecule has 0 unspecified atom stereocenters. The summed E-state index contributed by atoms with van der Waals surface area (Å²) in [5.74, 6) is -5.07. The lowest BCUT2D eigenvalue weighted by atomic mass is 9.97. The van der Waals surface area contributed by atoms with Gasteiger partial charge in [-0.05, 0) is 35.2 Å². The lowest BCUT2D eigenvalue weighted by Crippen LogP contribution is -2.45. The number of hydrogen-bond donors (Lipinski definition) is 2. The first-order valence-electron chi connectivity index (χ1n) is 11.6. The van der Waals surface area contributed by atoms with Crippen molar-refractivity contribution in [1.82, 2.24) is 15.2 Å². The molecule has 10 heteroatoms. The number of carboxylic acids is 1. The topological polar surface area (TPSA) is 113 Å². The van der Waals surface area contributed by atoms with E-state index in [4.69, 9.17) is 4.42 Å². The normalized spacial score (nSPS) is 14.7. The summed E-state index contributed by atoms with van der Waals surface area (Å²) in [6.07, 6.45) is 1.18. The number of likely N-dealkylation sites (tertiary alicyclic amines) is 1. The maximum atomic E-state index is 13.7. The Morgan fingerprint density at radius 3 is 2.62 bits per heavy atom. The quantitative estimate of drug-likeness (QED) is 0.441. The molecule has 192 valence electrons. The van der Waals surface area contributed by atoms with Crippen molar-refractivity contribution in [2.75, 3.05) is 13.1 Å². The van der Waals surface area contributed by atoms with Crippen LogP contribution in [0.3, 0.4) is 0 Å². The van der Waals surface area contributed by atoms with Crippen molar-refractivity contribution >= 4 is 23.4 Å². The number of hydrogen-bond acceptors (Lipinski definition) is 5. The van der Waals surface area contributed by atoms with E-state index in [1.54, 1.807) is 12.1 Å². The number of amides is 2. The Morgan fingerprint density at radius 1 is 1.16 bits per heavy atom. The Bertz CT molecular complexity index is 1340. The third kappa shape index (κ3) is 6.27.